The van der Waals surface area contributed by atoms with Crippen molar-refractivity contribution in [2.45, 2.75) is 44.3 Å². The molecule has 0 unspecified atom stereocenters. The first-order valence-corrected chi connectivity index (χ1v) is 17.6. The summed E-state index contributed by atoms with van der Waals surface area (Å²) in [6.45, 7) is 1.32. The fourth-order valence-corrected chi connectivity index (χ4v) is 5.72. The van der Waals surface area contributed by atoms with Gasteiger partial charge in [0.25, 0.3) is 5.91 Å². The van der Waals surface area contributed by atoms with E-state index in [4.69, 9.17) is 4.74 Å². The topological polar surface area (TPSA) is 156 Å². The van der Waals surface area contributed by atoms with Gasteiger partial charge in [-0.05, 0) is 65.4 Å². The van der Waals surface area contributed by atoms with E-state index in [1.165, 1.54) is 5.56 Å². The summed E-state index contributed by atoms with van der Waals surface area (Å²) >= 11 is 0. The van der Waals surface area contributed by atoms with E-state index in [9.17, 15) is 24.0 Å². The van der Waals surface area contributed by atoms with Gasteiger partial charge in [0.2, 0.25) is 17.7 Å². The van der Waals surface area contributed by atoms with Crippen molar-refractivity contribution in [3.8, 4) is 16.9 Å². The predicted molar refractivity (Wildman–Crippen MR) is 205 cm³/mol. The van der Waals surface area contributed by atoms with Crippen LogP contribution in [0.25, 0.3) is 11.1 Å². The Kier molecular flexibility index (Phi) is 14.2. The van der Waals surface area contributed by atoms with E-state index in [1.54, 1.807) is 48.8 Å². The second-order valence-corrected chi connectivity index (χ2v) is 12.8. The molecule has 2 aliphatic rings. The van der Waals surface area contributed by atoms with Crippen LogP contribution >= 0.6 is 0 Å². The minimum absolute atomic E-state index is 0.109. The SMILES string of the molecule is Cc1ccccc1.O=C[C@@H]1Cc2ccc(cc2)OCC(=O)N[C@@H](Cc2ccncc2)C(=O)N[C@H](Cc2ccc(-c3ccccc3)cc2)C(=O)NCC(=O)N1. The van der Waals surface area contributed by atoms with E-state index in [0.717, 1.165) is 27.8 Å². The van der Waals surface area contributed by atoms with Gasteiger partial charge in [0.1, 0.15) is 24.1 Å². The zero-order valence-corrected chi connectivity index (χ0v) is 29.9. The van der Waals surface area contributed by atoms with Crippen molar-refractivity contribution in [2.75, 3.05) is 13.2 Å². The van der Waals surface area contributed by atoms with E-state index in [2.05, 4.69) is 45.3 Å². The first kappa shape index (κ1) is 38.6. The van der Waals surface area contributed by atoms with Crippen molar-refractivity contribution < 1.29 is 28.7 Å². The summed E-state index contributed by atoms with van der Waals surface area (Å²) in [4.78, 5) is 68.7. The normalized spacial score (nSPS) is 18.1. The molecular formula is C43H43N5O6. The molecule has 0 radical (unpaired) electrons. The van der Waals surface area contributed by atoms with E-state index in [1.807, 2.05) is 72.8 Å². The van der Waals surface area contributed by atoms with Crippen molar-refractivity contribution in [1.29, 1.82) is 0 Å². The van der Waals surface area contributed by atoms with Gasteiger partial charge < -0.3 is 30.8 Å². The molecule has 54 heavy (non-hydrogen) atoms. The molecule has 11 heteroatoms. The van der Waals surface area contributed by atoms with Crippen LogP contribution in [-0.4, -0.2) is 66.2 Å². The highest BCUT2D eigenvalue weighted by Gasteiger charge is 2.28. The summed E-state index contributed by atoms with van der Waals surface area (Å²) in [5.74, 6) is -1.88. The number of nitrogens with zero attached hydrogens (tertiary/aromatic N) is 1. The molecule has 3 atom stereocenters. The van der Waals surface area contributed by atoms with Crippen LogP contribution in [0.1, 0.15) is 22.3 Å². The molecule has 0 saturated heterocycles. The summed E-state index contributed by atoms with van der Waals surface area (Å²) < 4.78 is 5.64. The van der Waals surface area contributed by atoms with Crippen molar-refractivity contribution >= 4 is 29.9 Å². The molecule has 1 aromatic heterocycles. The maximum atomic E-state index is 13.8. The molecule has 0 aliphatic carbocycles. The molecule has 5 aromatic rings. The zero-order chi connectivity index (χ0) is 38.1. The lowest BCUT2D eigenvalue weighted by Gasteiger charge is -2.24. The van der Waals surface area contributed by atoms with Crippen molar-refractivity contribution in [3.05, 3.63) is 156 Å². The summed E-state index contributed by atoms with van der Waals surface area (Å²) in [5, 5.41) is 10.7. The second-order valence-electron chi connectivity index (χ2n) is 12.8. The van der Waals surface area contributed by atoms with Crippen LogP contribution in [0.15, 0.2) is 134 Å². The van der Waals surface area contributed by atoms with E-state index in [0.29, 0.717) is 12.0 Å². The third-order valence-corrected chi connectivity index (χ3v) is 8.60. The monoisotopic (exact) mass is 725 g/mol. The van der Waals surface area contributed by atoms with Crippen LogP contribution in [0.2, 0.25) is 0 Å². The standard InChI is InChI=1S/C36H35N5O6.C7H8/c42-22-29-18-24-8-12-30(13-9-24)47-23-34(44)40-32(20-26-14-16-37-17-15-26)36(46)41-31(35(45)38-21-33(43)39-29)19-25-6-10-28(11-7-25)27-4-2-1-3-5-27;1-7-5-3-2-4-6-7/h1-17,22,29,31-32H,18-21,23H2,(H,38,45)(H,39,43)(H,40,44)(H,41,46);2-6H,1H3/t29-,31+,32-;/m0./s1. The van der Waals surface area contributed by atoms with Gasteiger partial charge in [0.15, 0.2) is 6.61 Å². The van der Waals surface area contributed by atoms with Gasteiger partial charge in [0, 0.05) is 25.2 Å². The largest absolute Gasteiger partial charge is 0.484 e. The molecule has 276 valence electrons. The van der Waals surface area contributed by atoms with Gasteiger partial charge in [-0.3, -0.25) is 24.2 Å². The highest BCUT2D eigenvalue weighted by Crippen LogP contribution is 2.20. The summed E-state index contributed by atoms with van der Waals surface area (Å²) in [6, 6.07) is 34.9. The first-order valence-electron chi connectivity index (χ1n) is 17.6. The minimum atomic E-state index is -1.09. The number of hydrogen-bond donors (Lipinski definition) is 4. The number of carbonyl (C=O) groups excluding carboxylic acids is 5. The van der Waals surface area contributed by atoms with Crippen molar-refractivity contribution in [1.82, 2.24) is 26.3 Å². The van der Waals surface area contributed by atoms with Crippen molar-refractivity contribution in [2.24, 2.45) is 0 Å². The Morgan fingerprint density at radius 3 is 1.85 bits per heavy atom. The third-order valence-electron chi connectivity index (χ3n) is 8.60. The molecular weight excluding hydrogens is 683 g/mol. The van der Waals surface area contributed by atoms with Crippen LogP contribution in [0, 0.1) is 6.92 Å². The molecule has 11 nitrogen and oxygen atoms in total. The van der Waals surface area contributed by atoms with Crippen LogP contribution in [0.4, 0.5) is 0 Å². The maximum absolute atomic E-state index is 13.8. The van der Waals surface area contributed by atoms with Crippen LogP contribution in [0.3, 0.4) is 0 Å². The number of rotatable bonds is 6. The minimum Gasteiger partial charge on any atom is -0.484 e. The van der Waals surface area contributed by atoms with Gasteiger partial charge in [-0.1, -0.05) is 103 Å². The number of pyridine rings is 1. The first-order chi connectivity index (χ1) is 26.2. The Hall–Kier alpha value is -6.62. The lowest BCUT2D eigenvalue weighted by molar-refractivity contribution is -0.133. The number of ether oxygens (including phenoxy) is 1. The molecule has 4 aromatic carbocycles. The fourth-order valence-electron chi connectivity index (χ4n) is 5.72. The Morgan fingerprint density at radius 2 is 1.24 bits per heavy atom. The molecule has 0 spiro atoms. The summed E-state index contributed by atoms with van der Waals surface area (Å²) in [7, 11) is 0. The van der Waals surface area contributed by atoms with Gasteiger partial charge >= 0.3 is 0 Å². The molecule has 7 rings (SSSR count). The van der Waals surface area contributed by atoms with E-state index < -0.39 is 48.3 Å². The van der Waals surface area contributed by atoms with Crippen LogP contribution in [-0.2, 0) is 43.2 Å². The Bertz CT molecular complexity index is 1970. The molecule has 2 aliphatic heterocycles. The number of aldehydes is 1. The maximum Gasteiger partial charge on any atom is 0.258 e. The summed E-state index contributed by atoms with van der Waals surface area (Å²) in [5.41, 5.74) is 5.61. The molecule has 0 saturated carbocycles. The highest BCUT2D eigenvalue weighted by atomic mass is 16.5. The average molecular weight is 726 g/mol. The molecule has 4 amide bonds. The number of amides is 4. The number of hydrogen-bond acceptors (Lipinski definition) is 7. The number of benzene rings is 4. The van der Waals surface area contributed by atoms with Crippen LogP contribution in [0.5, 0.6) is 5.75 Å². The average Bonchev–Trinajstić information content (AvgIpc) is 3.20. The van der Waals surface area contributed by atoms with Crippen molar-refractivity contribution in [3.63, 3.8) is 0 Å². The van der Waals surface area contributed by atoms with E-state index in [-0.39, 0.29) is 25.9 Å². The number of aromatic nitrogens is 1. The zero-order valence-electron chi connectivity index (χ0n) is 29.9. The Labute approximate surface area is 314 Å². The number of fused-ring (bicyclic) bond motifs is 16. The summed E-state index contributed by atoms with van der Waals surface area (Å²) in [6.07, 6.45) is 4.26. The Morgan fingerprint density at radius 1 is 0.648 bits per heavy atom. The number of nitrogens with one attached hydrogen (secondary N) is 4. The van der Waals surface area contributed by atoms with E-state index >= 15 is 0 Å². The molecule has 0 fully saturated rings. The van der Waals surface area contributed by atoms with Gasteiger partial charge in [-0.25, -0.2) is 0 Å². The quantitative estimate of drug-likeness (QED) is 0.153. The van der Waals surface area contributed by atoms with Gasteiger partial charge in [0.05, 0.1) is 12.6 Å². The third kappa shape index (κ3) is 12.3. The lowest BCUT2D eigenvalue weighted by Crippen LogP contribution is -2.56. The molecule has 4 N–H and O–H groups in total. The van der Waals surface area contributed by atoms with Gasteiger partial charge in [-0.15, -0.1) is 0 Å². The second kappa shape index (κ2) is 19.8. The smallest absolute Gasteiger partial charge is 0.258 e. The van der Waals surface area contributed by atoms with Gasteiger partial charge in [-0.2, -0.15) is 0 Å². The fraction of sp³-hybridized carbons (Fsp3) is 0.209. The van der Waals surface area contributed by atoms with Crippen LogP contribution < -0.4 is 26.0 Å². The lowest BCUT2D eigenvalue weighted by atomic mass is 9.99. The number of aryl methyl sites for hydroxylation is 1. The number of carbonyl (C=O) groups is 5. The molecule has 2 bridgehead atoms. The predicted octanol–water partition coefficient (Wildman–Crippen LogP) is 3.93. The highest BCUT2D eigenvalue weighted by molar-refractivity contribution is 5.94. The molecule has 3 heterocycles. The Balaban J connectivity index is 0.000000719.